The maximum atomic E-state index is 12.6. The molecule has 1 aromatic rings. The van der Waals surface area contributed by atoms with E-state index in [1.54, 1.807) is 0 Å². The van der Waals surface area contributed by atoms with E-state index in [2.05, 4.69) is 5.32 Å². The van der Waals surface area contributed by atoms with Crippen LogP contribution in [0.3, 0.4) is 0 Å². The SMILES string of the molecule is O=C([O-])[C@H]1CCCC[C@H]1C(=O)Nc1ccc(S(=O)(=O)N2CCOCC2)cc1. The van der Waals surface area contributed by atoms with Gasteiger partial charge in [-0.2, -0.15) is 4.31 Å². The Morgan fingerprint density at radius 2 is 1.63 bits per heavy atom. The molecule has 0 spiro atoms. The summed E-state index contributed by atoms with van der Waals surface area (Å²) in [4.78, 5) is 23.9. The second kappa shape index (κ2) is 8.37. The van der Waals surface area contributed by atoms with E-state index in [9.17, 15) is 23.1 Å². The summed E-state index contributed by atoms with van der Waals surface area (Å²) in [5.74, 6) is -2.96. The Morgan fingerprint density at radius 1 is 1.04 bits per heavy atom. The van der Waals surface area contributed by atoms with Crippen LogP contribution in [0.25, 0.3) is 0 Å². The number of rotatable bonds is 5. The van der Waals surface area contributed by atoms with Crippen LogP contribution in [0.1, 0.15) is 25.7 Å². The summed E-state index contributed by atoms with van der Waals surface area (Å²) in [6, 6.07) is 5.92. The Morgan fingerprint density at radius 3 is 2.22 bits per heavy atom. The van der Waals surface area contributed by atoms with Gasteiger partial charge < -0.3 is 20.0 Å². The summed E-state index contributed by atoms with van der Waals surface area (Å²) in [6.45, 7) is 1.36. The van der Waals surface area contributed by atoms with Gasteiger partial charge in [0.15, 0.2) is 0 Å². The third-order valence-corrected chi connectivity index (χ3v) is 7.05. The van der Waals surface area contributed by atoms with Gasteiger partial charge in [-0.05, 0) is 37.1 Å². The Hall–Kier alpha value is -1.97. The number of amides is 1. The van der Waals surface area contributed by atoms with E-state index in [1.165, 1.54) is 28.6 Å². The van der Waals surface area contributed by atoms with Crippen molar-refractivity contribution in [1.82, 2.24) is 4.31 Å². The zero-order chi connectivity index (χ0) is 19.4. The van der Waals surface area contributed by atoms with Crippen molar-refractivity contribution in [2.75, 3.05) is 31.6 Å². The lowest BCUT2D eigenvalue weighted by Crippen LogP contribution is -2.42. The van der Waals surface area contributed by atoms with Gasteiger partial charge in [-0.15, -0.1) is 0 Å². The van der Waals surface area contributed by atoms with Gasteiger partial charge in [0.1, 0.15) is 0 Å². The summed E-state index contributed by atoms with van der Waals surface area (Å²) in [6.07, 6.45) is 2.53. The molecule has 1 saturated carbocycles. The van der Waals surface area contributed by atoms with Crippen LogP contribution < -0.4 is 10.4 Å². The third-order valence-electron chi connectivity index (χ3n) is 5.14. The van der Waals surface area contributed by atoms with Gasteiger partial charge in [-0.1, -0.05) is 12.8 Å². The van der Waals surface area contributed by atoms with Crippen LogP contribution in [-0.4, -0.2) is 50.9 Å². The maximum Gasteiger partial charge on any atom is 0.243 e. The molecule has 1 N–H and O–H groups in total. The van der Waals surface area contributed by atoms with Gasteiger partial charge >= 0.3 is 0 Å². The number of carboxylic acids is 1. The van der Waals surface area contributed by atoms with Gasteiger partial charge in [-0.3, -0.25) is 4.79 Å². The van der Waals surface area contributed by atoms with Crippen molar-refractivity contribution in [2.24, 2.45) is 11.8 Å². The summed E-state index contributed by atoms with van der Waals surface area (Å²) in [5, 5.41) is 14.0. The van der Waals surface area contributed by atoms with Gasteiger partial charge in [0.2, 0.25) is 15.9 Å². The highest BCUT2D eigenvalue weighted by Gasteiger charge is 2.32. The van der Waals surface area contributed by atoms with Crippen LogP contribution in [0.4, 0.5) is 5.69 Å². The first-order valence-corrected chi connectivity index (χ1v) is 10.5. The zero-order valence-electron chi connectivity index (χ0n) is 14.9. The molecule has 1 saturated heterocycles. The van der Waals surface area contributed by atoms with E-state index < -0.39 is 27.8 Å². The molecule has 0 radical (unpaired) electrons. The number of ether oxygens (including phenoxy) is 1. The number of nitrogens with one attached hydrogen (secondary N) is 1. The molecular formula is C18H23N2O6S-. The summed E-state index contributed by atoms with van der Waals surface area (Å²) in [7, 11) is -3.59. The number of carbonyl (C=O) groups is 2. The first kappa shape index (κ1) is 19.8. The minimum Gasteiger partial charge on any atom is -0.550 e. The molecular weight excluding hydrogens is 372 g/mol. The van der Waals surface area contributed by atoms with E-state index in [0.29, 0.717) is 44.8 Å². The van der Waals surface area contributed by atoms with Crippen molar-refractivity contribution in [3.8, 4) is 0 Å². The van der Waals surface area contributed by atoms with E-state index in [1.807, 2.05) is 0 Å². The van der Waals surface area contributed by atoms with E-state index in [0.717, 1.165) is 12.8 Å². The summed E-state index contributed by atoms with van der Waals surface area (Å²) in [5.41, 5.74) is 0.434. The smallest absolute Gasteiger partial charge is 0.243 e. The second-order valence-electron chi connectivity index (χ2n) is 6.85. The van der Waals surface area contributed by atoms with E-state index in [4.69, 9.17) is 4.74 Å². The number of hydrogen-bond donors (Lipinski definition) is 1. The molecule has 2 aliphatic rings. The van der Waals surface area contributed by atoms with Gasteiger partial charge in [0.05, 0.1) is 18.1 Å². The number of anilines is 1. The fraction of sp³-hybridized carbons (Fsp3) is 0.556. The topological polar surface area (TPSA) is 116 Å². The molecule has 2 atom stereocenters. The van der Waals surface area contributed by atoms with Crippen molar-refractivity contribution in [1.29, 1.82) is 0 Å². The molecule has 0 bridgehead atoms. The zero-order valence-corrected chi connectivity index (χ0v) is 15.7. The van der Waals surface area contributed by atoms with Crippen LogP contribution in [-0.2, 0) is 24.3 Å². The molecule has 9 heteroatoms. The lowest BCUT2D eigenvalue weighted by atomic mass is 9.78. The normalized spacial score (nSPS) is 24.3. The average Bonchev–Trinajstić information content (AvgIpc) is 2.69. The van der Waals surface area contributed by atoms with Crippen LogP contribution in [0.5, 0.6) is 0 Å². The fourth-order valence-electron chi connectivity index (χ4n) is 3.61. The Kier molecular flexibility index (Phi) is 6.13. The largest absolute Gasteiger partial charge is 0.550 e. The molecule has 1 aliphatic heterocycles. The highest BCUT2D eigenvalue weighted by molar-refractivity contribution is 7.89. The van der Waals surface area contributed by atoms with Crippen molar-refractivity contribution in [2.45, 2.75) is 30.6 Å². The number of aliphatic carboxylic acids is 1. The predicted molar refractivity (Wildman–Crippen MR) is 95.1 cm³/mol. The molecule has 1 aromatic carbocycles. The molecule has 1 aliphatic carbocycles. The standard InChI is InChI=1S/C18H24N2O6S/c21-17(15-3-1-2-4-16(15)18(22)23)19-13-5-7-14(8-6-13)27(24,25)20-9-11-26-12-10-20/h5-8,15-16H,1-4,9-12H2,(H,19,21)(H,22,23)/p-1/t15-,16+/m1/s1. The lowest BCUT2D eigenvalue weighted by Gasteiger charge is -2.31. The lowest BCUT2D eigenvalue weighted by molar-refractivity contribution is -0.313. The second-order valence-corrected chi connectivity index (χ2v) is 8.78. The molecule has 1 amide bonds. The highest BCUT2D eigenvalue weighted by atomic mass is 32.2. The molecule has 0 unspecified atom stereocenters. The number of benzene rings is 1. The van der Waals surface area contributed by atoms with Gasteiger partial charge in [0.25, 0.3) is 0 Å². The van der Waals surface area contributed by atoms with Crippen LogP contribution >= 0.6 is 0 Å². The molecule has 0 aromatic heterocycles. The average molecular weight is 395 g/mol. The molecule has 2 fully saturated rings. The number of morpholine rings is 1. The molecule has 27 heavy (non-hydrogen) atoms. The Balaban J connectivity index is 1.68. The van der Waals surface area contributed by atoms with Crippen LogP contribution in [0, 0.1) is 11.8 Å². The van der Waals surface area contributed by atoms with Gasteiger partial charge in [0, 0.05) is 36.6 Å². The number of carbonyl (C=O) groups excluding carboxylic acids is 2. The molecule has 148 valence electrons. The number of carboxylic acid groups (broad SMARTS) is 1. The van der Waals surface area contributed by atoms with Crippen LogP contribution in [0.2, 0.25) is 0 Å². The highest BCUT2D eigenvalue weighted by Crippen LogP contribution is 2.31. The third kappa shape index (κ3) is 4.48. The summed E-state index contributed by atoms with van der Waals surface area (Å²) < 4.78 is 31.7. The van der Waals surface area contributed by atoms with Crippen molar-refractivity contribution in [3.05, 3.63) is 24.3 Å². The first-order chi connectivity index (χ1) is 12.9. The van der Waals surface area contributed by atoms with Gasteiger partial charge in [-0.25, -0.2) is 8.42 Å². The van der Waals surface area contributed by atoms with E-state index >= 15 is 0 Å². The van der Waals surface area contributed by atoms with Crippen LogP contribution in [0.15, 0.2) is 29.2 Å². The number of nitrogens with zero attached hydrogens (tertiary/aromatic N) is 1. The fourth-order valence-corrected chi connectivity index (χ4v) is 5.02. The molecule has 8 nitrogen and oxygen atoms in total. The Labute approximate surface area is 158 Å². The Bertz CT molecular complexity index is 787. The summed E-state index contributed by atoms with van der Waals surface area (Å²) >= 11 is 0. The maximum absolute atomic E-state index is 12.6. The monoisotopic (exact) mass is 395 g/mol. The number of sulfonamides is 1. The van der Waals surface area contributed by atoms with Crippen molar-refractivity contribution < 1.29 is 27.9 Å². The quantitative estimate of drug-likeness (QED) is 0.762. The first-order valence-electron chi connectivity index (χ1n) is 9.09. The molecule has 3 rings (SSSR count). The van der Waals surface area contributed by atoms with Crippen molar-refractivity contribution >= 4 is 27.6 Å². The van der Waals surface area contributed by atoms with Crippen molar-refractivity contribution in [3.63, 3.8) is 0 Å². The minimum absolute atomic E-state index is 0.146. The predicted octanol–water partition coefficient (Wildman–Crippen LogP) is 0.202. The van der Waals surface area contributed by atoms with E-state index in [-0.39, 0.29) is 10.8 Å². The minimum atomic E-state index is -3.59. The number of hydrogen-bond acceptors (Lipinski definition) is 6. The molecule has 1 heterocycles.